The first-order valence-corrected chi connectivity index (χ1v) is 6.44. The van der Waals surface area contributed by atoms with Gasteiger partial charge < -0.3 is 0 Å². The Morgan fingerprint density at radius 3 is 2.20 bits per heavy atom. The molecule has 0 N–H and O–H groups in total. The van der Waals surface area contributed by atoms with Crippen LogP contribution in [0.5, 0.6) is 0 Å². The minimum atomic E-state index is -0.279. The monoisotopic (exact) mass is 264 g/mol. The molecule has 0 amide bonds. The Balaban J connectivity index is 2.18. The molecule has 0 saturated heterocycles. The molecule has 2 aromatic rings. The Kier molecular flexibility index (Phi) is 3.07. The second-order valence-corrected chi connectivity index (χ2v) is 4.84. The van der Waals surface area contributed by atoms with Crippen molar-refractivity contribution in [2.75, 3.05) is 0 Å². The van der Waals surface area contributed by atoms with Crippen LogP contribution < -0.4 is 0 Å². The molecule has 2 heteroatoms. The van der Waals surface area contributed by atoms with Crippen LogP contribution in [0.3, 0.4) is 0 Å². The van der Waals surface area contributed by atoms with Crippen molar-refractivity contribution in [3.63, 3.8) is 0 Å². The molecule has 98 valence electrons. The number of hydrogen-bond acceptors (Lipinski definition) is 1. The predicted octanol–water partition coefficient (Wildman–Crippen LogP) is 4.27. The molecule has 0 spiro atoms. The lowest BCUT2D eigenvalue weighted by Gasteiger charge is -2.06. The summed E-state index contributed by atoms with van der Waals surface area (Å²) in [6, 6.07) is 15.8. The van der Waals surface area contributed by atoms with E-state index in [0.717, 1.165) is 16.7 Å². The van der Waals surface area contributed by atoms with Gasteiger partial charge in [0, 0.05) is 12.0 Å². The Morgan fingerprint density at radius 1 is 0.900 bits per heavy atom. The Labute approximate surface area is 117 Å². The molecule has 1 nitrogen and oxygen atoms in total. The van der Waals surface area contributed by atoms with Gasteiger partial charge in [-0.15, -0.1) is 0 Å². The number of benzene rings is 2. The molecule has 0 unspecified atom stereocenters. The average molecular weight is 264 g/mol. The molecule has 0 atom stereocenters. The summed E-state index contributed by atoms with van der Waals surface area (Å²) >= 11 is 0. The number of hydrogen-bond donors (Lipinski definition) is 0. The van der Waals surface area contributed by atoms with Crippen molar-refractivity contribution in [1.82, 2.24) is 0 Å². The minimum absolute atomic E-state index is 0.0180. The minimum Gasteiger partial charge on any atom is -0.289 e. The normalized spacial score (nSPS) is 15.1. The number of carbonyl (C=O) groups excluding carboxylic acids is 1. The zero-order valence-corrected chi connectivity index (χ0v) is 10.9. The van der Waals surface area contributed by atoms with E-state index < -0.39 is 0 Å². The molecule has 0 aliphatic heterocycles. The number of allylic oxidation sites excluding steroid dienone is 3. The van der Waals surface area contributed by atoms with Gasteiger partial charge in [-0.25, -0.2) is 4.39 Å². The first-order valence-electron chi connectivity index (χ1n) is 6.44. The standard InChI is InChI=1S/C18H13FO/c1-12-11-16(13-7-9-15(19)10-8-13)17(18(12)20)14-5-3-2-4-6-14/h2-10H,1,11H2. The van der Waals surface area contributed by atoms with Gasteiger partial charge in [-0.1, -0.05) is 49.0 Å². The van der Waals surface area contributed by atoms with E-state index in [0.29, 0.717) is 17.6 Å². The molecule has 3 rings (SSSR count). The van der Waals surface area contributed by atoms with Crippen molar-refractivity contribution >= 4 is 16.9 Å². The quantitative estimate of drug-likeness (QED) is 0.740. The van der Waals surface area contributed by atoms with Gasteiger partial charge in [0.1, 0.15) is 5.82 Å². The van der Waals surface area contributed by atoms with Crippen molar-refractivity contribution in [3.05, 3.63) is 83.7 Å². The summed E-state index contributed by atoms with van der Waals surface area (Å²) in [7, 11) is 0. The Bertz CT molecular complexity index is 709. The van der Waals surface area contributed by atoms with Crippen molar-refractivity contribution in [3.8, 4) is 0 Å². The van der Waals surface area contributed by atoms with Crippen molar-refractivity contribution < 1.29 is 9.18 Å². The summed E-state index contributed by atoms with van der Waals surface area (Å²) in [5, 5.41) is 0. The highest BCUT2D eigenvalue weighted by atomic mass is 19.1. The van der Waals surface area contributed by atoms with E-state index in [4.69, 9.17) is 0 Å². The highest BCUT2D eigenvalue weighted by Gasteiger charge is 2.28. The van der Waals surface area contributed by atoms with Crippen LogP contribution >= 0.6 is 0 Å². The number of halogens is 1. The Hall–Kier alpha value is -2.48. The molecule has 1 aliphatic rings. The summed E-state index contributed by atoms with van der Waals surface area (Å²) in [4.78, 5) is 12.3. The zero-order valence-electron chi connectivity index (χ0n) is 10.9. The van der Waals surface area contributed by atoms with Crippen molar-refractivity contribution in [2.45, 2.75) is 6.42 Å². The van der Waals surface area contributed by atoms with E-state index in [1.807, 2.05) is 30.3 Å². The third kappa shape index (κ3) is 2.10. The van der Waals surface area contributed by atoms with E-state index in [2.05, 4.69) is 6.58 Å². The molecule has 20 heavy (non-hydrogen) atoms. The van der Waals surface area contributed by atoms with Crippen LogP contribution in [0.1, 0.15) is 17.5 Å². The summed E-state index contributed by atoms with van der Waals surface area (Å²) in [6.45, 7) is 3.84. The molecule has 0 bridgehead atoms. The smallest absolute Gasteiger partial charge is 0.189 e. The van der Waals surface area contributed by atoms with E-state index in [1.54, 1.807) is 12.1 Å². The van der Waals surface area contributed by atoms with Crippen LogP contribution in [-0.4, -0.2) is 5.78 Å². The van der Waals surface area contributed by atoms with E-state index in [1.165, 1.54) is 12.1 Å². The van der Waals surface area contributed by atoms with Gasteiger partial charge in [-0.05, 0) is 34.4 Å². The van der Waals surface area contributed by atoms with Crippen LogP contribution in [-0.2, 0) is 4.79 Å². The maximum absolute atomic E-state index is 13.0. The second-order valence-electron chi connectivity index (χ2n) is 4.84. The fraction of sp³-hybridized carbons (Fsp3) is 0.0556. The highest BCUT2D eigenvalue weighted by Crippen LogP contribution is 2.39. The summed E-state index contributed by atoms with van der Waals surface area (Å²) < 4.78 is 13.0. The first kappa shape index (κ1) is 12.5. The highest BCUT2D eigenvalue weighted by molar-refractivity contribution is 6.38. The summed E-state index contributed by atoms with van der Waals surface area (Å²) in [5.41, 5.74) is 3.95. The van der Waals surface area contributed by atoms with Gasteiger partial charge in [-0.3, -0.25) is 4.79 Å². The summed E-state index contributed by atoms with van der Waals surface area (Å²) in [5.74, 6) is -0.297. The topological polar surface area (TPSA) is 17.1 Å². The van der Waals surface area contributed by atoms with E-state index in [-0.39, 0.29) is 11.6 Å². The van der Waals surface area contributed by atoms with Gasteiger partial charge in [-0.2, -0.15) is 0 Å². The van der Waals surface area contributed by atoms with Gasteiger partial charge in [0.15, 0.2) is 5.78 Å². The van der Waals surface area contributed by atoms with Crippen LogP contribution in [0.4, 0.5) is 4.39 Å². The lowest BCUT2D eigenvalue weighted by molar-refractivity contribution is -0.110. The molecule has 0 aromatic heterocycles. The van der Waals surface area contributed by atoms with Crippen molar-refractivity contribution in [2.24, 2.45) is 0 Å². The molecule has 1 aliphatic carbocycles. The largest absolute Gasteiger partial charge is 0.289 e. The van der Waals surface area contributed by atoms with Crippen LogP contribution in [0.2, 0.25) is 0 Å². The molecule has 0 fully saturated rings. The number of carbonyl (C=O) groups is 1. The fourth-order valence-corrected chi connectivity index (χ4v) is 2.50. The second kappa shape index (κ2) is 4.89. The zero-order chi connectivity index (χ0) is 14.1. The fourth-order valence-electron chi connectivity index (χ4n) is 2.50. The molecule has 2 aromatic carbocycles. The lowest BCUT2D eigenvalue weighted by Crippen LogP contribution is -1.97. The predicted molar refractivity (Wildman–Crippen MR) is 78.4 cm³/mol. The Morgan fingerprint density at radius 2 is 1.55 bits per heavy atom. The maximum atomic E-state index is 13.0. The maximum Gasteiger partial charge on any atom is 0.189 e. The third-order valence-corrected chi connectivity index (χ3v) is 3.50. The average Bonchev–Trinajstić information content (AvgIpc) is 2.77. The third-order valence-electron chi connectivity index (χ3n) is 3.50. The molecular weight excluding hydrogens is 251 g/mol. The molecule has 0 heterocycles. The van der Waals surface area contributed by atoms with Gasteiger partial charge in [0.05, 0.1) is 0 Å². The van der Waals surface area contributed by atoms with E-state index >= 15 is 0 Å². The van der Waals surface area contributed by atoms with Crippen LogP contribution in [0, 0.1) is 5.82 Å². The van der Waals surface area contributed by atoms with Crippen LogP contribution in [0.15, 0.2) is 66.7 Å². The number of ketones is 1. The van der Waals surface area contributed by atoms with Gasteiger partial charge >= 0.3 is 0 Å². The van der Waals surface area contributed by atoms with Gasteiger partial charge in [0.2, 0.25) is 0 Å². The molecular formula is C18H13FO. The number of Topliss-reactive ketones (excluding diaryl/α,β-unsaturated/α-hetero) is 1. The van der Waals surface area contributed by atoms with Gasteiger partial charge in [0.25, 0.3) is 0 Å². The summed E-state index contributed by atoms with van der Waals surface area (Å²) in [6.07, 6.45) is 0.523. The molecule has 0 saturated carbocycles. The lowest BCUT2D eigenvalue weighted by atomic mass is 9.97. The molecule has 0 radical (unpaired) electrons. The SMILES string of the molecule is C=C1CC(c2ccc(F)cc2)=C(c2ccccc2)C1=O. The first-order chi connectivity index (χ1) is 9.66. The van der Waals surface area contributed by atoms with Crippen molar-refractivity contribution in [1.29, 1.82) is 0 Å². The van der Waals surface area contributed by atoms with Crippen LogP contribution in [0.25, 0.3) is 11.1 Å². The van der Waals surface area contributed by atoms with E-state index in [9.17, 15) is 9.18 Å². The number of rotatable bonds is 2.